The summed E-state index contributed by atoms with van der Waals surface area (Å²) < 4.78 is 30.7. The van der Waals surface area contributed by atoms with Gasteiger partial charge in [-0.25, -0.2) is 8.42 Å². The second kappa shape index (κ2) is 7.40. The lowest BCUT2D eigenvalue weighted by Gasteiger charge is -2.20. The van der Waals surface area contributed by atoms with E-state index in [9.17, 15) is 13.2 Å². The molecule has 0 amide bonds. The van der Waals surface area contributed by atoms with Gasteiger partial charge in [-0.3, -0.25) is 4.79 Å². The number of carbonyl (C=O) groups is 1. The first-order valence-corrected chi connectivity index (χ1v) is 8.05. The molecule has 0 radical (unpaired) electrons. The van der Waals surface area contributed by atoms with Crippen molar-refractivity contribution >= 4 is 16.0 Å². The van der Waals surface area contributed by atoms with E-state index in [2.05, 4.69) is 4.74 Å². The highest BCUT2D eigenvalue weighted by Crippen LogP contribution is 2.17. The molecular formula is C14H21NO4S. The molecule has 0 saturated heterocycles. The van der Waals surface area contributed by atoms with Crippen molar-refractivity contribution in [3.05, 3.63) is 29.8 Å². The Bertz CT molecular complexity index is 537. The zero-order valence-electron chi connectivity index (χ0n) is 12.1. The third-order valence-corrected chi connectivity index (χ3v) is 5.10. The number of nitrogens with zero attached hydrogens (tertiary/aromatic N) is 1. The summed E-state index contributed by atoms with van der Waals surface area (Å²) in [5.41, 5.74) is 1.08. The summed E-state index contributed by atoms with van der Waals surface area (Å²) in [7, 11) is -2.27. The molecule has 0 bridgehead atoms. The van der Waals surface area contributed by atoms with Crippen LogP contribution in [0.4, 0.5) is 0 Å². The van der Waals surface area contributed by atoms with Gasteiger partial charge in [0, 0.05) is 13.1 Å². The largest absolute Gasteiger partial charge is 0.469 e. The topological polar surface area (TPSA) is 63.7 Å². The van der Waals surface area contributed by atoms with Gasteiger partial charge in [0.25, 0.3) is 0 Å². The number of aryl methyl sites for hydroxylation is 1. The van der Waals surface area contributed by atoms with E-state index in [4.69, 9.17) is 0 Å². The van der Waals surface area contributed by atoms with E-state index >= 15 is 0 Å². The maximum absolute atomic E-state index is 12.4. The summed E-state index contributed by atoms with van der Waals surface area (Å²) in [5.74, 6) is -0.417. The number of hydrogen-bond acceptors (Lipinski definition) is 4. The van der Waals surface area contributed by atoms with Crippen molar-refractivity contribution < 1.29 is 17.9 Å². The smallest absolute Gasteiger partial charge is 0.306 e. The van der Waals surface area contributed by atoms with Crippen molar-refractivity contribution in [3.63, 3.8) is 0 Å². The zero-order valence-corrected chi connectivity index (χ0v) is 12.9. The second-order valence-electron chi connectivity index (χ2n) is 4.32. The van der Waals surface area contributed by atoms with E-state index in [0.717, 1.165) is 12.0 Å². The molecule has 0 aliphatic heterocycles. The molecular weight excluding hydrogens is 278 g/mol. The van der Waals surface area contributed by atoms with Crippen LogP contribution in [-0.4, -0.2) is 38.9 Å². The van der Waals surface area contributed by atoms with Gasteiger partial charge in [-0.2, -0.15) is 4.31 Å². The molecule has 0 aliphatic rings. The van der Waals surface area contributed by atoms with E-state index in [1.165, 1.54) is 11.4 Å². The number of rotatable bonds is 7. The van der Waals surface area contributed by atoms with Crippen molar-refractivity contribution in [1.29, 1.82) is 0 Å². The van der Waals surface area contributed by atoms with Gasteiger partial charge in [-0.15, -0.1) is 0 Å². The minimum Gasteiger partial charge on any atom is -0.469 e. The third-order valence-electron chi connectivity index (χ3n) is 3.12. The SMILES string of the molecule is CCc1ccc(S(=O)(=O)N(CC)CCC(=O)OC)cc1. The monoisotopic (exact) mass is 299 g/mol. The number of methoxy groups -OCH3 is 1. The Balaban J connectivity index is 2.90. The fourth-order valence-corrected chi connectivity index (χ4v) is 3.26. The van der Waals surface area contributed by atoms with Gasteiger partial charge in [0.1, 0.15) is 0 Å². The van der Waals surface area contributed by atoms with E-state index in [1.807, 2.05) is 6.92 Å². The van der Waals surface area contributed by atoms with Crippen LogP contribution in [0.2, 0.25) is 0 Å². The van der Waals surface area contributed by atoms with Crippen molar-refractivity contribution in [2.24, 2.45) is 0 Å². The van der Waals surface area contributed by atoms with Crippen LogP contribution >= 0.6 is 0 Å². The summed E-state index contributed by atoms with van der Waals surface area (Å²) in [6.07, 6.45) is 0.913. The predicted octanol–water partition coefficient (Wildman–Crippen LogP) is 1.82. The molecule has 0 saturated carbocycles. The number of sulfonamides is 1. The molecule has 5 nitrogen and oxygen atoms in total. The number of esters is 1. The van der Waals surface area contributed by atoms with Gasteiger partial charge in [0.2, 0.25) is 10.0 Å². The average Bonchev–Trinajstić information content (AvgIpc) is 2.47. The highest BCUT2D eigenvalue weighted by Gasteiger charge is 2.23. The lowest BCUT2D eigenvalue weighted by Crippen LogP contribution is -2.33. The summed E-state index contributed by atoms with van der Waals surface area (Å²) in [5, 5.41) is 0. The Labute approximate surface area is 120 Å². The van der Waals surface area contributed by atoms with Crippen molar-refractivity contribution in [1.82, 2.24) is 4.31 Å². The van der Waals surface area contributed by atoms with Crippen LogP contribution in [0.15, 0.2) is 29.2 Å². The second-order valence-corrected chi connectivity index (χ2v) is 6.26. The Kier molecular flexibility index (Phi) is 6.16. The Morgan fingerprint density at radius 1 is 1.20 bits per heavy atom. The molecule has 20 heavy (non-hydrogen) atoms. The molecule has 1 rings (SSSR count). The van der Waals surface area contributed by atoms with Gasteiger partial charge >= 0.3 is 5.97 Å². The molecule has 0 N–H and O–H groups in total. The average molecular weight is 299 g/mol. The Morgan fingerprint density at radius 2 is 1.80 bits per heavy atom. The molecule has 0 aliphatic carbocycles. The number of hydrogen-bond donors (Lipinski definition) is 0. The van der Waals surface area contributed by atoms with E-state index in [0.29, 0.717) is 6.54 Å². The summed E-state index contributed by atoms with van der Waals surface area (Å²) in [4.78, 5) is 11.4. The summed E-state index contributed by atoms with van der Waals surface area (Å²) in [6, 6.07) is 6.83. The highest BCUT2D eigenvalue weighted by molar-refractivity contribution is 7.89. The molecule has 0 aromatic heterocycles. The van der Waals surface area contributed by atoms with Crippen LogP contribution in [-0.2, 0) is 26.0 Å². The van der Waals surface area contributed by atoms with Crippen LogP contribution < -0.4 is 0 Å². The van der Waals surface area contributed by atoms with Gasteiger partial charge in [-0.1, -0.05) is 26.0 Å². The van der Waals surface area contributed by atoms with Crippen LogP contribution in [0.3, 0.4) is 0 Å². The lowest BCUT2D eigenvalue weighted by atomic mass is 10.2. The van der Waals surface area contributed by atoms with E-state index in [1.54, 1.807) is 31.2 Å². The van der Waals surface area contributed by atoms with Crippen LogP contribution in [0.5, 0.6) is 0 Å². The molecule has 0 heterocycles. The number of benzene rings is 1. The summed E-state index contributed by atoms with van der Waals surface area (Å²) >= 11 is 0. The normalized spacial score (nSPS) is 11.6. The minimum atomic E-state index is -3.55. The lowest BCUT2D eigenvalue weighted by molar-refractivity contribution is -0.140. The number of carbonyl (C=O) groups excluding carboxylic acids is 1. The fraction of sp³-hybridized carbons (Fsp3) is 0.500. The van der Waals surface area contributed by atoms with Crippen LogP contribution in [0.1, 0.15) is 25.8 Å². The van der Waals surface area contributed by atoms with Gasteiger partial charge in [-0.05, 0) is 24.1 Å². The molecule has 1 aromatic rings. The fourth-order valence-electron chi connectivity index (χ4n) is 1.81. The van der Waals surface area contributed by atoms with Gasteiger partial charge in [0.15, 0.2) is 0 Å². The van der Waals surface area contributed by atoms with Crippen molar-refractivity contribution in [2.75, 3.05) is 20.2 Å². The minimum absolute atomic E-state index is 0.0522. The Morgan fingerprint density at radius 3 is 2.25 bits per heavy atom. The van der Waals surface area contributed by atoms with E-state index < -0.39 is 16.0 Å². The molecule has 0 spiro atoms. The maximum atomic E-state index is 12.4. The van der Waals surface area contributed by atoms with E-state index in [-0.39, 0.29) is 17.9 Å². The van der Waals surface area contributed by atoms with Crippen LogP contribution in [0.25, 0.3) is 0 Å². The van der Waals surface area contributed by atoms with Gasteiger partial charge < -0.3 is 4.74 Å². The van der Waals surface area contributed by atoms with Crippen LogP contribution in [0, 0.1) is 0 Å². The standard InChI is InChI=1S/C14H21NO4S/c1-4-12-6-8-13(9-7-12)20(17,18)15(5-2)11-10-14(16)19-3/h6-9H,4-5,10-11H2,1-3H3. The molecule has 0 atom stereocenters. The van der Waals surface area contributed by atoms with Crippen molar-refractivity contribution in [2.45, 2.75) is 31.6 Å². The molecule has 1 aromatic carbocycles. The molecule has 6 heteroatoms. The first-order valence-electron chi connectivity index (χ1n) is 6.61. The van der Waals surface area contributed by atoms with Crippen molar-refractivity contribution in [3.8, 4) is 0 Å². The summed E-state index contributed by atoms with van der Waals surface area (Å²) in [6.45, 7) is 4.20. The maximum Gasteiger partial charge on any atom is 0.306 e. The first kappa shape index (κ1) is 16.7. The quantitative estimate of drug-likeness (QED) is 0.721. The van der Waals surface area contributed by atoms with Gasteiger partial charge in [0.05, 0.1) is 18.4 Å². The Hall–Kier alpha value is -1.40. The highest BCUT2D eigenvalue weighted by atomic mass is 32.2. The molecule has 112 valence electrons. The first-order chi connectivity index (χ1) is 9.45. The zero-order chi connectivity index (χ0) is 15.2. The third kappa shape index (κ3) is 4.05. The predicted molar refractivity (Wildman–Crippen MR) is 76.9 cm³/mol. The molecule has 0 unspecified atom stereocenters. The molecule has 0 fully saturated rings. The number of ether oxygens (including phenoxy) is 1.